The average molecular weight is 264 g/mol. The van der Waals surface area contributed by atoms with Crippen LogP contribution in [0.4, 0.5) is 0 Å². The fourth-order valence-electron chi connectivity index (χ4n) is 1.88. The van der Waals surface area contributed by atoms with Gasteiger partial charge >= 0.3 is 0 Å². The molecule has 0 radical (unpaired) electrons. The molecule has 0 saturated heterocycles. The Morgan fingerprint density at radius 2 is 2.29 bits per heavy atom. The molecule has 5 heteroatoms. The van der Waals surface area contributed by atoms with Crippen molar-refractivity contribution in [3.8, 4) is 0 Å². The van der Waals surface area contributed by atoms with Crippen molar-refractivity contribution in [3.05, 3.63) is 46.7 Å². The summed E-state index contributed by atoms with van der Waals surface area (Å²) in [4.78, 5) is 8.57. The van der Waals surface area contributed by atoms with Gasteiger partial charge in [-0.2, -0.15) is 11.3 Å². The molecule has 0 amide bonds. The van der Waals surface area contributed by atoms with Crippen molar-refractivity contribution in [2.75, 3.05) is 0 Å². The van der Waals surface area contributed by atoms with Gasteiger partial charge in [0.1, 0.15) is 11.3 Å². The minimum Gasteiger partial charge on any atom is -0.322 e. The van der Waals surface area contributed by atoms with Gasteiger partial charge in [0, 0.05) is 6.20 Å². The van der Waals surface area contributed by atoms with Crippen molar-refractivity contribution in [1.82, 2.24) is 14.5 Å². The number of pyridine rings is 1. The van der Waals surface area contributed by atoms with Crippen LogP contribution in [0.15, 0.2) is 35.3 Å². The highest BCUT2D eigenvalue weighted by Gasteiger charge is 2.10. The number of alkyl halides is 1. The molecule has 3 aromatic rings. The Morgan fingerprint density at radius 1 is 1.35 bits per heavy atom. The van der Waals surface area contributed by atoms with Crippen molar-refractivity contribution in [1.29, 1.82) is 0 Å². The third-order valence-corrected chi connectivity index (χ3v) is 3.64. The molecule has 0 aliphatic carbocycles. The number of nitrogens with zero attached hydrogens (tertiary/aromatic N) is 3. The minimum atomic E-state index is 0.415. The topological polar surface area (TPSA) is 30.7 Å². The lowest BCUT2D eigenvalue weighted by atomic mass is 10.3. The van der Waals surface area contributed by atoms with Gasteiger partial charge in [-0.25, -0.2) is 4.98 Å². The summed E-state index contributed by atoms with van der Waals surface area (Å²) in [6.07, 6.45) is 3.56. The second-order valence-electron chi connectivity index (χ2n) is 3.74. The Hall–Kier alpha value is -1.39. The molecule has 3 nitrogen and oxygen atoms in total. The normalized spacial score (nSPS) is 11.1. The fourth-order valence-corrected chi connectivity index (χ4v) is 2.74. The van der Waals surface area contributed by atoms with E-state index in [1.165, 1.54) is 5.56 Å². The van der Waals surface area contributed by atoms with E-state index in [0.29, 0.717) is 5.88 Å². The fraction of sp³-hybridized carbons (Fsp3) is 0.167. The predicted molar refractivity (Wildman–Crippen MR) is 70.5 cm³/mol. The number of imidazole rings is 1. The van der Waals surface area contributed by atoms with Crippen LogP contribution >= 0.6 is 22.9 Å². The highest BCUT2D eigenvalue weighted by Crippen LogP contribution is 2.19. The smallest absolute Gasteiger partial charge is 0.125 e. The molecule has 0 aliphatic heterocycles. The first-order valence-electron chi connectivity index (χ1n) is 5.24. The molecular formula is C12H10ClN3S. The van der Waals surface area contributed by atoms with Crippen LogP contribution in [0.2, 0.25) is 0 Å². The van der Waals surface area contributed by atoms with Gasteiger partial charge in [0.25, 0.3) is 0 Å². The molecule has 0 aliphatic rings. The number of rotatable bonds is 3. The lowest BCUT2D eigenvalue weighted by Crippen LogP contribution is -2.02. The van der Waals surface area contributed by atoms with E-state index < -0.39 is 0 Å². The standard InChI is InChI=1S/C12H10ClN3S/c13-5-12-15-10-6-14-3-1-11(10)16(12)7-9-2-4-17-8-9/h1-4,6,8H,5,7H2. The van der Waals surface area contributed by atoms with Crippen molar-refractivity contribution in [2.45, 2.75) is 12.4 Å². The van der Waals surface area contributed by atoms with Gasteiger partial charge in [-0.15, -0.1) is 11.6 Å². The van der Waals surface area contributed by atoms with Crippen LogP contribution in [0.1, 0.15) is 11.4 Å². The molecule has 3 heterocycles. The maximum absolute atomic E-state index is 5.94. The molecule has 0 aromatic carbocycles. The first-order valence-corrected chi connectivity index (χ1v) is 6.72. The lowest BCUT2D eigenvalue weighted by molar-refractivity contribution is 0.781. The number of halogens is 1. The van der Waals surface area contributed by atoms with Crippen LogP contribution in [-0.2, 0) is 12.4 Å². The highest BCUT2D eigenvalue weighted by molar-refractivity contribution is 7.07. The number of hydrogen-bond donors (Lipinski definition) is 0. The van der Waals surface area contributed by atoms with E-state index in [-0.39, 0.29) is 0 Å². The molecule has 17 heavy (non-hydrogen) atoms. The predicted octanol–water partition coefficient (Wildman–Crippen LogP) is 3.28. The Morgan fingerprint density at radius 3 is 3.06 bits per heavy atom. The Bertz CT molecular complexity index is 630. The van der Waals surface area contributed by atoms with Crippen LogP contribution in [0, 0.1) is 0 Å². The average Bonchev–Trinajstić information content (AvgIpc) is 2.98. The Labute approximate surface area is 108 Å². The van der Waals surface area contributed by atoms with Crippen molar-refractivity contribution in [2.24, 2.45) is 0 Å². The number of thiophene rings is 1. The van der Waals surface area contributed by atoms with Crippen LogP contribution in [0.5, 0.6) is 0 Å². The summed E-state index contributed by atoms with van der Waals surface area (Å²) in [6, 6.07) is 4.10. The number of hydrogen-bond acceptors (Lipinski definition) is 3. The van der Waals surface area contributed by atoms with E-state index in [0.717, 1.165) is 23.4 Å². The molecule has 0 saturated carbocycles. The van der Waals surface area contributed by atoms with Gasteiger partial charge in [-0.1, -0.05) is 0 Å². The molecule has 86 valence electrons. The summed E-state index contributed by atoms with van der Waals surface area (Å²) in [5.74, 6) is 1.31. The molecule has 3 aromatic heterocycles. The number of aromatic nitrogens is 3. The second kappa shape index (κ2) is 4.47. The lowest BCUT2D eigenvalue weighted by Gasteiger charge is -2.05. The van der Waals surface area contributed by atoms with Crippen molar-refractivity contribution >= 4 is 34.0 Å². The zero-order valence-corrected chi connectivity index (χ0v) is 10.6. The summed E-state index contributed by atoms with van der Waals surface area (Å²) in [5, 5.41) is 4.22. The van der Waals surface area contributed by atoms with E-state index in [1.54, 1.807) is 23.7 Å². The first kappa shape index (κ1) is 10.7. The quantitative estimate of drug-likeness (QED) is 0.679. The molecule has 0 bridgehead atoms. The van der Waals surface area contributed by atoms with Crippen molar-refractivity contribution in [3.63, 3.8) is 0 Å². The van der Waals surface area contributed by atoms with E-state index in [4.69, 9.17) is 11.6 Å². The highest BCUT2D eigenvalue weighted by atomic mass is 35.5. The zero-order valence-electron chi connectivity index (χ0n) is 9.01. The Balaban J connectivity index is 2.12. The first-order chi connectivity index (χ1) is 8.38. The monoisotopic (exact) mass is 263 g/mol. The SMILES string of the molecule is ClCc1nc2cnccc2n1Cc1ccsc1. The minimum absolute atomic E-state index is 0.415. The summed E-state index contributed by atoms with van der Waals surface area (Å²) in [5.41, 5.74) is 3.26. The summed E-state index contributed by atoms with van der Waals surface area (Å²) in [7, 11) is 0. The third kappa shape index (κ3) is 1.94. The van der Waals surface area contributed by atoms with Gasteiger partial charge < -0.3 is 4.57 Å². The van der Waals surface area contributed by atoms with Crippen LogP contribution < -0.4 is 0 Å². The molecular weight excluding hydrogens is 254 g/mol. The van der Waals surface area contributed by atoms with Gasteiger partial charge in [0.2, 0.25) is 0 Å². The van der Waals surface area contributed by atoms with Gasteiger partial charge in [-0.3, -0.25) is 4.98 Å². The van der Waals surface area contributed by atoms with Gasteiger partial charge in [0.05, 0.1) is 24.1 Å². The van der Waals surface area contributed by atoms with E-state index in [2.05, 4.69) is 31.4 Å². The summed E-state index contributed by atoms with van der Waals surface area (Å²) < 4.78 is 2.14. The maximum Gasteiger partial charge on any atom is 0.125 e. The van der Waals surface area contributed by atoms with E-state index in [9.17, 15) is 0 Å². The maximum atomic E-state index is 5.94. The van der Waals surface area contributed by atoms with Crippen LogP contribution in [0.25, 0.3) is 11.0 Å². The van der Waals surface area contributed by atoms with E-state index >= 15 is 0 Å². The third-order valence-electron chi connectivity index (χ3n) is 2.67. The van der Waals surface area contributed by atoms with Crippen LogP contribution in [0.3, 0.4) is 0 Å². The Kier molecular flexibility index (Phi) is 2.82. The largest absolute Gasteiger partial charge is 0.322 e. The second-order valence-corrected chi connectivity index (χ2v) is 4.79. The molecule has 0 spiro atoms. The molecule has 3 rings (SSSR count). The molecule has 0 N–H and O–H groups in total. The number of fused-ring (bicyclic) bond motifs is 1. The van der Waals surface area contributed by atoms with Crippen LogP contribution in [-0.4, -0.2) is 14.5 Å². The van der Waals surface area contributed by atoms with Gasteiger partial charge in [0.15, 0.2) is 0 Å². The molecule has 0 unspecified atom stereocenters. The zero-order chi connectivity index (χ0) is 11.7. The molecule has 0 fully saturated rings. The van der Waals surface area contributed by atoms with Gasteiger partial charge in [-0.05, 0) is 28.5 Å². The molecule has 0 atom stereocenters. The van der Waals surface area contributed by atoms with E-state index in [1.807, 2.05) is 6.07 Å². The van der Waals surface area contributed by atoms with Crippen molar-refractivity contribution < 1.29 is 0 Å². The summed E-state index contributed by atoms with van der Waals surface area (Å²) >= 11 is 7.64. The summed E-state index contributed by atoms with van der Waals surface area (Å²) in [6.45, 7) is 0.812.